The van der Waals surface area contributed by atoms with Crippen LogP contribution < -0.4 is 0 Å². The molecule has 3 rings (SSSR count). The highest BCUT2D eigenvalue weighted by Gasteiger charge is 2.13. The number of hydrogen-bond acceptors (Lipinski definition) is 3. The predicted molar refractivity (Wildman–Crippen MR) is 78.0 cm³/mol. The minimum Gasteiger partial charge on any atom is -0.378 e. The molecule has 0 amide bonds. The smallest absolute Gasteiger partial charge is 0.138 e. The summed E-state index contributed by atoms with van der Waals surface area (Å²) < 4.78 is 18.2. The Morgan fingerprint density at radius 2 is 2.00 bits per heavy atom. The van der Waals surface area contributed by atoms with E-state index in [0.29, 0.717) is 6.61 Å². The van der Waals surface area contributed by atoms with Crippen LogP contribution in [-0.2, 0) is 11.3 Å². The second-order valence-electron chi connectivity index (χ2n) is 4.36. The number of thiophene rings is 1. The molecule has 0 fully saturated rings. The highest BCUT2D eigenvalue weighted by atomic mass is 32.1. The quantitative estimate of drug-likeness (QED) is 0.785. The second-order valence-corrected chi connectivity index (χ2v) is 5.14. The summed E-state index contributed by atoms with van der Waals surface area (Å²) in [5, 5.41) is 4.06. The first kappa shape index (κ1) is 13.0. The molecule has 0 bridgehead atoms. The van der Waals surface area contributed by atoms with Crippen molar-refractivity contribution in [1.82, 2.24) is 9.97 Å². The molecule has 3 nitrogen and oxygen atoms in total. The number of nitrogens with one attached hydrogen (secondary N) is 1. The Hall–Kier alpha value is -1.98. The molecule has 0 atom stereocenters. The Labute approximate surface area is 120 Å². The van der Waals surface area contributed by atoms with Crippen LogP contribution in [0.25, 0.3) is 22.6 Å². The summed E-state index contributed by atoms with van der Waals surface area (Å²) in [6.07, 6.45) is 0. The summed E-state index contributed by atoms with van der Waals surface area (Å²) in [5.74, 6) is 0.466. The molecule has 102 valence electrons. The van der Waals surface area contributed by atoms with E-state index in [9.17, 15) is 4.39 Å². The zero-order valence-corrected chi connectivity index (χ0v) is 11.7. The molecule has 0 saturated heterocycles. The van der Waals surface area contributed by atoms with Gasteiger partial charge in [-0.25, -0.2) is 9.37 Å². The number of methoxy groups -OCH3 is 1. The number of hydrogen-bond donors (Lipinski definition) is 1. The average molecular weight is 288 g/mol. The Morgan fingerprint density at radius 1 is 1.20 bits per heavy atom. The molecular weight excluding hydrogens is 275 g/mol. The fourth-order valence-corrected chi connectivity index (χ4v) is 2.68. The molecule has 1 aromatic carbocycles. The third-order valence-corrected chi connectivity index (χ3v) is 3.66. The van der Waals surface area contributed by atoms with Gasteiger partial charge in [0.2, 0.25) is 0 Å². The molecule has 0 saturated carbocycles. The number of rotatable bonds is 4. The van der Waals surface area contributed by atoms with Gasteiger partial charge in [-0.05, 0) is 35.7 Å². The second kappa shape index (κ2) is 5.56. The first-order chi connectivity index (χ1) is 9.78. The molecule has 2 aromatic heterocycles. The van der Waals surface area contributed by atoms with Crippen LogP contribution >= 0.6 is 11.3 Å². The molecule has 0 unspecified atom stereocenters. The van der Waals surface area contributed by atoms with Crippen molar-refractivity contribution in [3.05, 3.63) is 52.6 Å². The maximum absolute atomic E-state index is 13.0. The lowest BCUT2D eigenvalue weighted by Crippen LogP contribution is -1.90. The van der Waals surface area contributed by atoms with E-state index in [0.717, 1.165) is 28.3 Å². The normalized spacial score (nSPS) is 10.9. The van der Waals surface area contributed by atoms with Gasteiger partial charge in [-0.1, -0.05) is 0 Å². The monoisotopic (exact) mass is 288 g/mol. The molecule has 0 aliphatic carbocycles. The van der Waals surface area contributed by atoms with Crippen molar-refractivity contribution in [2.24, 2.45) is 0 Å². The number of aromatic amines is 1. The molecule has 20 heavy (non-hydrogen) atoms. The number of nitrogens with zero attached hydrogens (tertiary/aromatic N) is 1. The first-order valence-electron chi connectivity index (χ1n) is 6.14. The molecule has 0 radical (unpaired) electrons. The molecule has 0 spiro atoms. The predicted octanol–water partition coefficient (Wildman–Crippen LogP) is 4.09. The zero-order valence-electron chi connectivity index (χ0n) is 10.9. The van der Waals surface area contributed by atoms with E-state index >= 15 is 0 Å². The van der Waals surface area contributed by atoms with Crippen molar-refractivity contribution in [2.45, 2.75) is 6.61 Å². The van der Waals surface area contributed by atoms with E-state index in [1.54, 1.807) is 30.6 Å². The Balaban J connectivity index is 2.05. The maximum Gasteiger partial charge on any atom is 0.138 e. The largest absolute Gasteiger partial charge is 0.378 e. The van der Waals surface area contributed by atoms with Gasteiger partial charge in [-0.3, -0.25) is 0 Å². The summed E-state index contributed by atoms with van der Waals surface area (Å²) in [4.78, 5) is 7.87. The maximum atomic E-state index is 13.0. The van der Waals surface area contributed by atoms with E-state index in [1.807, 2.05) is 16.8 Å². The Morgan fingerprint density at radius 3 is 2.65 bits per heavy atom. The van der Waals surface area contributed by atoms with Gasteiger partial charge < -0.3 is 9.72 Å². The number of halogens is 1. The minimum absolute atomic E-state index is 0.254. The lowest BCUT2D eigenvalue weighted by Gasteiger charge is -1.98. The van der Waals surface area contributed by atoms with Crippen molar-refractivity contribution in [3.8, 4) is 22.6 Å². The minimum atomic E-state index is -0.254. The molecule has 3 aromatic rings. The standard InChI is InChI=1S/C15H13FN2OS/c1-19-8-13-14(11-6-7-20-9-11)18-15(17-13)10-2-4-12(16)5-3-10/h2-7,9H,8H2,1H3,(H,17,18). The molecule has 1 N–H and O–H groups in total. The van der Waals surface area contributed by atoms with Crippen molar-refractivity contribution in [3.63, 3.8) is 0 Å². The van der Waals surface area contributed by atoms with Crippen LogP contribution in [0.15, 0.2) is 41.1 Å². The van der Waals surface area contributed by atoms with Crippen LogP contribution in [0.1, 0.15) is 5.69 Å². The van der Waals surface area contributed by atoms with Crippen LogP contribution in [0.5, 0.6) is 0 Å². The van der Waals surface area contributed by atoms with Gasteiger partial charge in [0.1, 0.15) is 11.6 Å². The lowest BCUT2D eigenvalue weighted by molar-refractivity contribution is 0.182. The SMILES string of the molecule is COCc1[nH]c(-c2ccc(F)cc2)nc1-c1ccsc1. The summed E-state index contributed by atoms with van der Waals surface area (Å²) in [6, 6.07) is 8.30. The van der Waals surface area contributed by atoms with Crippen LogP contribution in [0.2, 0.25) is 0 Å². The highest BCUT2D eigenvalue weighted by molar-refractivity contribution is 7.08. The summed E-state index contributed by atoms with van der Waals surface area (Å²) in [6.45, 7) is 0.458. The summed E-state index contributed by atoms with van der Waals surface area (Å²) in [7, 11) is 1.65. The number of ether oxygens (including phenoxy) is 1. The van der Waals surface area contributed by atoms with Crippen molar-refractivity contribution >= 4 is 11.3 Å². The zero-order chi connectivity index (χ0) is 13.9. The van der Waals surface area contributed by atoms with Crippen molar-refractivity contribution < 1.29 is 9.13 Å². The first-order valence-corrected chi connectivity index (χ1v) is 7.08. The molecule has 0 aliphatic heterocycles. The van der Waals surface area contributed by atoms with Gasteiger partial charge in [-0.2, -0.15) is 11.3 Å². The topological polar surface area (TPSA) is 37.9 Å². The van der Waals surface area contributed by atoms with Gasteiger partial charge >= 0.3 is 0 Å². The fourth-order valence-electron chi connectivity index (χ4n) is 2.04. The van der Waals surface area contributed by atoms with E-state index in [-0.39, 0.29) is 5.82 Å². The molecule has 2 heterocycles. The highest BCUT2D eigenvalue weighted by Crippen LogP contribution is 2.28. The van der Waals surface area contributed by atoms with Gasteiger partial charge in [0.05, 0.1) is 18.0 Å². The number of benzene rings is 1. The third kappa shape index (κ3) is 2.50. The van der Waals surface area contributed by atoms with Crippen molar-refractivity contribution in [1.29, 1.82) is 0 Å². The number of aromatic nitrogens is 2. The van der Waals surface area contributed by atoms with E-state index < -0.39 is 0 Å². The van der Waals surface area contributed by atoms with Gasteiger partial charge in [0.15, 0.2) is 0 Å². The van der Waals surface area contributed by atoms with Crippen LogP contribution in [-0.4, -0.2) is 17.1 Å². The molecule has 5 heteroatoms. The Bertz CT molecular complexity index is 689. The third-order valence-electron chi connectivity index (χ3n) is 2.98. The van der Waals surface area contributed by atoms with Crippen molar-refractivity contribution in [2.75, 3.05) is 7.11 Å². The lowest BCUT2D eigenvalue weighted by atomic mass is 10.2. The van der Waals surface area contributed by atoms with Gasteiger partial charge in [0, 0.05) is 23.6 Å². The van der Waals surface area contributed by atoms with Gasteiger partial charge in [-0.15, -0.1) is 0 Å². The van der Waals surface area contributed by atoms with Crippen LogP contribution in [0, 0.1) is 5.82 Å². The molecule has 0 aliphatic rings. The number of imidazole rings is 1. The molecular formula is C15H13FN2OS. The van der Waals surface area contributed by atoms with Gasteiger partial charge in [0.25, 0.3) is 0 Å². The summed E-state index contributed by atoms with van der Waals surface area (Å²) >= 11 is 1.62. The van der Waals surface area contributed by atoms with Crippen LogP contribution in [0.3, 0.4) is 0 Å². The van der Waals surface area contributed by atoms with E-state index in [4.69, 9.17) is 4.74 Å². The van der Waals surface area contributed by atoms with E-state index in [1.165, 1.54) is 12.1 Å². The Kier molecular flexibility index (Phi) is 3.62. The van der Waals surface area contributed by atoms with Crippen LogP contribution in [0.4, 0.5) is 4.39 Å². The number of H-pyrrole nitrogens is 1. The fraction of sp³-hybridized carbons (Fsp3) is 0.133. The van der Waals surface area contributed by atoms with E-state index in [2.05, 4.69) is 9.97 Å². The summed E-state index contributed by atoms with van der Waals surface area (Å²) in [5.41, 5.74) is 3.72. The average Bonchev–Trinajstić information content (AvgIpc) is 3.09.